The lowest BCUT2D eigenvalue weighted by atomic mass is 10.1. The van der Waals surface area contributed by atoms with E-state index in [-0.39, 0.29) is 19.1 Å². The number of carboxylic acid groups (broad SMARTS) is 1. The van der Waals surface area contributed by atoms with Crippen molar-refractivity contribution in [3.8, 4) is 11.5 Å². The topological polar surface area (TPSA) is 76.1 Å². The summed E-state index contributed by atoms with van der Waals surface area (Å²) in [5, 5.41) is 8.88. The lowest BCUT2D eigenvalue weighted by molar-refractivity contribution is -0.148. The third-order valence-electron chi connectivity index (χ3n) is 3.15. The number of carboxylic acids is 1. The maximum absolute atomic E-state index is 12.0. The lowest BCUT2D eigenvalue weighted by Crippen LogP contribution is -2.41. The Labute approximate surface area is 110 Å². The van der Waals surface area contributed by atoms with E-state index < -0.39 is 12.0 Å². The average Bonchev–Trinajstić information content (AvgIpc) is 2.86. The molecule has 2 rings (SSSR count). The molecule has 6 heteroatoms. The number of fused-ring (bicyclic) bond motifs is 1. The van der Waals surface area contributed by atoms with Crippen LogP contribution in [0.2, 0.25) is 0 Å². The Morgan fingerprint density at radius 3 is 2.84 bits per heavy atom. The average molecular weight is 265 g/mol. The van der Waals surface area contributed by atoms with Gasteiger partial charge < -0.3 is 19.5 Å². The minimum atomic E-state index is -1.03. The number of rotatable bonds is 4. The van der Waals surface area contributed by atoms with Crippen LogP contribution in [0.3, 0.4) is 0 Å². The van der Waals surface area contributed by atoms with Gasteiger partial charge in [-0.05, 0) is 13.0 Å². The van der Waals surface area contributed by atoms with Crippen molar-refractivity contribution < 1.29 is 24.2 Å². The standard InChI is InChI=1S/C13H15NO5/c1-8(13(16)17)14(2)11(15)6-9-4-3-5-10-12(9)19-7-18-10/h3-5,8H,6-7H2,1-2H3,(H,16,17). The van der Waals surface area contributed by atoms with Crippen LogP contribution in [0.4, 0.5) is 0 Å². The van der Waals surface area contributed by atoms with Crippen LogP contribution >= 0.6 is 0 Å². The van der Waals surface area contributed by atoms with Gasteiger partial charge in [0.2, 0.25) is 12.7 Å². The number of para-hydroxylation sites is 1. The molecule has 0 saturated heterocycles. The first-order valence-corrected chi connectivity index (χ1v) is 5.86. The summed E-state index contributed by atoms with van der Waals surface area (Å²) in [7, 11) is 1.47. The van der Waals surface area contributed by atoms with Gasteiger partial charge in [-0.25, -0.2) is 4.79 Å². The summed E-state index contributed by atoms with van der Waals surface area (Å²) >= 11 is 0. The zero-order valence-electron chi connectivity index (χ0n) is 10.8. The first-order valence-electron chi connectivity index (χ1n) is 5.86. The Hall–Kier alpha value is -2.24. The molecule has 1 N–H and O–H groups in total. The molecule has 1 amide bonds. The molecule has 0 radical (unpaired) electrons. The minimum Gasteiger partial charge on any atom is -0.480 e. The fraction of sp³-hybridized carbons (Fsp3) is 0.385. The summed E-state index contributed by atoms with van der Waals surface area (Å²) in [5.74, 6) is -0.140. The van der Waals surface area contributed by atoms with Gasteiger partial charge in [-0.1, -0.05) is 12.1 Å². The van der Waals surface area contributed by atoms with Crippen molar-refractivity contribution >= 4 is 11.9 Å². The minimum absolute atomic E-state index is 0.0840. The summed E-state index contributed by atoms with van der Waals surface area (Å²) in [6.45, 7) is 1.61. The third-order valence-corrected chi connectivity index (χ3v) is 3.15. The predicted molar refractivity (Wildman–Crippen MR) is 66.1 cm³/mol. The molecule has 0 aromatic heterocycles. The maximum atomic E-state index is 12.0. The number of nitrogens with zero attached hydrogens (tertiary/aromatic N) is 1. The highest BCUT2D eigenvalue weighted by Gasteiger charge is 2.24. The monoisotopic (exact) mass is 265 g/mol. The van der Waals surface area contributed by atoms with Gasteiger partial charge in [-0.15, -0.1) is 0 Å². The molecule has 0 bridgehead atoms. The molecule has 0 fully saturated rings. The van der Waals surface area contributed by atoms with Crippen LogP contribution in [0.15, 0.2) is 18.2 Å². The Morgan fingerprint density at radius 1 is 1.42 bits per heavy atom. The molecular weight excluding hydrogens is 250 g/mol. The van der Waals surface area contributed by atoms with E-state index in [0.29, 0.717) is 17.1 Å². The number of aliphatic carboxylic acids is 1. The number of amides is 1. The normalized spacial score (nSPS) is 14.0. The van der Waals surface area contributed by atoms with Crippen LogP contribution in [-0.4, -0.2) is 41.8 Å². The van der Waals surface area contributed by atoms with Gasteiger partial charge in [-0.3, -0.25) is 4.79 Å². The first kappa shape index (κ1) is 13.2. The summed E-state index contributed by atoms with van der Waals surface area (Å²) in [6.07, 6.45) is 0.0840. The van der Waals surface area contributed by atoms with Crippen molar-refractivity contribution in [1.82, 2.24) is 4.90 Å². The number of ether oxygens (including phenoxy) is 2. The van der Waals surface area contributed by atoms with Crippen molar-refractivity contribution in [2.24, 2.45) is 0 Å². The number of carbonyl (C=O) groups excluding carboxylic acids is 1. The van der Waals surface area contributed by atoms with Crippen LogP contribution < -0.4 is 9.47 Å². The van der Waals surface area contributed by atoms with Crippen LogP contribution in [0.1, 0.15) is 12.5 Å². The number of hydrogen-bond donors (Lipinski definition) is 1. The Bertz CT molecular complexity index is 514. The van der Waals surface area contributed by atoms with Crippen molar-refractivity contribution in [3.63, 3.8) is 0 Å². The zero-order chi connectivity index (χ0) is 14.0. The SMILES string of the molecule is CC(C(=O)O)N(C)C(=O)Cc1cccc2c1OCO2. The lowest BCUT2D eigenvalue weighted by Gasteiger charge is -2.21. The van der Waals surface area contributed by atoms with Gasteiger partial charge in [0, 0.05) is 12.6 Å². The van der Waals surface area contributed by atoms with E-state index in [1.165, 1.54) is 18.9 Å². The summed E-state index contributed by atoms with van der Waals surface area (Å²) in [6, 6.07) is 4.45. The largest absolute Gasteiger partial charge is 0.480 e. The van der Waals surface area contributed by atoms with Crippen molar-refractivity contribution in [2.75, 3.05) is 13.8 Å². The van der Waals surface area contributed by atoms with E-state index in [1.54, 1.807) is 18.2 Å². The third kappa shape index (κ3) is 2.62. The molecule has 1 unspecified atom stereocenters. The highest BCUT2D eigenvalue weighted by molar-refractivity contribution is 5.85. The fourth-order valence-corrected chi connectivity index (χ4v) is 1.80. The van der Waals surface area contributed by atoms with Gasteiger partial charge in [-0.2, -0.15) is 0 Å². The number of carbonyl (C=O) groups is 2. The molecular formula is C13H15NO5. The van der Waals surface area contributed by atoms with Crippen LogP contribution in [0.5, 0.6) is 11.5 Å². The van der Waals surface area contributed by atoms with E-state index in [0.717, 1.165) is 0 Å². The second kappa shape index (κ2) is 5.17. The number of benzene rings is 1. The molecule has 1 aromatic rings. The summed E-state index contributed by atoms with van der Waals surface area (Å²) < 4.78 is 10.5. The zero-order valence-corrected chi connectivity index (χ0v) is 10.8. The van der Waals surface area contributed by atoms with Gasteiger partial charge in [0.1, 0.15) is 6.04 Å². The highest BCUT2D eigenvalue weighted by Crippen LogP contribution is 2.35. The van der Waals surface area contributed by atoms with Crippen molar-refractivity contribution in [2.45, 2.75) is 19.4 Å². The molecule has 1 heterocycles. The molecule has 19 heavy (non-hydrogen) atoms. The molecule has 1 atom stereocenters. The van der Waals surface area contributed by atoms with E-state index >= 15 is 0 Å². The van der Waals surface area contributed by atoms with E-state index in [1.807, 2.05) is 0 Å². The van der Waals surface area contributed by atoms with E-state index in [2.05, 4.69) is 0 Å². The number of hydrogen-bond acceptors (Lipinski definition) is 4. The molecule has 1 aromatic carbocycles. The van der Waals surface area contributed by atoms with Gasteiger partial charge in [0.25, 0.3) is 0 Å². The van der Waals surface area contributed by atoms with Gasteiger partial charge in [0.05, 0.1) is 6.42 Å². The summed E-state index contributed by atoms with van der Waals surface area (Å²) in [4.78, 5) is 24.1. The molecule has 0 spiro atoms. The first-order chi connectivity index (χ1) is 9.00. The summed E-state index contributed by atoms with van der Waals surface area (Å²) in [5.41, 5.74) is 0.699. The van der Waals surface area contributed by atoms with E-state index in [4.69, 9.17) is 14.6 Å². The fourth-order valence-electron chi connectivity index (χ4n) is 1.80. The van der Waals surface area contributed by atoms with Crippen LogP contribution in [-0.2, 0) is 16.0 Å². The second-order valence-corrected chi connectivity index (χ2v) is 4.35. The maximum Gasteiger partial charge on any atom is 0.326 e. The molecule has 1 aliphatic heterocycles. The quantitative estimate of drug-likeness (QED) is 0.875. The van der Waals surface area contributed by atoms with Gasteiger partial charge >= 0.3 is 5.97 Å². The smallest absolute Gasteiger partial charge is 0.326 e. The molecule has 0 saturated carbocycles. The van der Waals surface area contributed by atoms with Gasteiger partial charge in [0.15, 0.2) is 11.5 Å². The molecule has 0 aliphatic carbocycles. The second-order valence-electron chi connectivity index (χ2n) is 4.35. The van der Waals surface area contributed by atoms with E-state index in [9.17, 15) is 9.59 Å². The molecule has 1 aliphatic rings. The van der Waals surface area contributed by atoms with Crippen LogP contribution in [0.25, 0.3) is 0 Å². The highest BCUT2D eigenvalue weighted by atomic mass is 16.7. The Morgan fingerprint density at radius 2 is 2.16 bits per heavy atom. The Kier molecular flexibility index (Phi) is 3.59. The Balaban J connectivity index is 2.12. The molecule has 6 nitrogen and oxygen atoms in total. The van der Waals surface area contributed by atoms with Crippen molar-refractivity contribution in [1.29, 1.82) is 0 Å². The molecule has 102 valence electrons. The predicted octanol–water partition coefficient (Wildman–Crippen LogP) is 0.889. The van der Waals surface area contributed by atoms with Crippen LogP contribution in [0, 0.1) is 0 Å². The van der Waals surface area contributed by atoms with Crippen molar-refractivity contribution in [3.05, 3.63) is 23.8 Å². The number of likely N-dealkylation sites (N-methyl/N-ethyl adjacent to an activating group) is 1.